The van der Waals surface area contributed by atoms with E-state index in [0.29, 0.717) is 11.6 Å². The van der Waals surface area contributed by atoms with Gasteiger partial charge in [0.1, 0.15) is 0 Å². The molecule has 4 nitrogen and oxygen atoms in total. The lowest BCUT2D eigenvalue weighted by molar-refractivity contribution is 0.189. The number of rotatable bonds is 1. The Morgan fingerprint density at radius 3 is 2.81 bits per heavy atom. The van der Waals surface area contributed by atoms with Crippen LogP contribution in [0.4, 0.5) is 10.5 Å². The van der Waals surface area contributed by atoms with Gasteiger partial charge in [0.25, 0.3) is 0 Å². The molecule has 1 aliphatic rings. The highest BCUT2D eigenvalue weighted by molar-refractivity contribution is 6.31. The molecule has 0 unspecified atom stereocenters. The molecule has 0 spiro atoms. The van der Waals surface area contributed by atoms with Crippen LogP contribution in [0.3, 0.4) is 0 Å². The van der Waals surface area contributed by atoms with Gasteiger partial charge in [-0.05, 0) is 55.3 Å². The molecule has 132 valence electrons. The van der Waals surface area contributed by atoms with E-state index in [0.717, 1.165) is 28.2 Å². The van der Waals surface area contributed by atoms with Crippen molar-refractivity contribution in [2.75, 3.05) is 5.32 Å². The van der Waals surface area contributed by atoms with Crippen LogP contribution in [0.15, 0.2) is 60.8 Å². The number of benzene rings is 2. The van der Waals surface area contributed by atoms with Gasteiger partial charge in [0.15, 0.2) is 0 Å². The molecular weight excluding hydrogens is 346 g/mol. The van der Waals surface area contributed by atoms with Gasteiger partial charge in [-0.3, -0.25) is 0 Å². The number of urea groups is 1. The topological polar surface area (TPSA) is 37.3 Å². The van der Waals surface area contributed by atoms with Crippen LogP contribution in [0.5, 0.6) is 0 Å². The summed E-state index contributed by atoms with van der Waals surface area (Å²) in [5, 5.41) is 3.63. The van der Waals surface area contributed by atoms with E-state index in [-0.39, 0.29) is 12.1 Å². The van der Waals surface area contributed by atoms with Crippen molar-refractivity contribution in [1.82, 2.24) is 9.47 Å². The van der Waals surface area contributed by atoms with Crippen molar-refractivity contribution in [2.45, 2.75) is 26.4 Å². The zero-order valence-electron chi connectivity index (χ0n) is 14.7. The van der Waals surface area contributed by atoms with Gasteiger partial charge < -0.3 is 14.8 Å². The Morgan fingerprint density at radius 2 is 1.96 bits per heavy atom. The summed E-state index contributed by atoms with van der Waals surface area (Å²) in [5.74, 6) is 0. The van der Waals surface area contributed by atoms with E-state index >= 15 is 0 Å². The van der Waals surface area contributed by atoms with Gasteiger partial charge in [0.05, 0.1) is 18.3 Å². The Hall–Kier alpha value is -2.72. The highest BCUT2D eigenvalue weighted by Gasteiger charge is 2.28. The van der Waals surface area contributed by atoms with Crippen molar-refractivity contribution in [3.63, 3.8) is 0 Å². The lowest BCUT2D eigenvalue weighted by Crippen LogP contribution is -2.36. The molecule has 1 aromatic heterocycles. The number of hydrogen-bond acceptors (Lipinski definition) is 1. The predicted molar refractivity (Wildman–Crippen MR) is 105 cm³/mol. The predicted octanol–water partition coefficient (Wildman–Crippen LogP) is 5.55. The Kier molecular flexibility index (Phi) is 4.21. The molecule has 0 aliphatic carbocycles. The van der Waals surface area contributed by atoms with E-state index in [2.05, 4.69) is 35.0 Å². The molecule has 3 aromatic rings. The summed E-state index contributed by atoms with van der Waals surface area (Å²) in [6.07, 6.45) is 2.05. The molecule has 1 N–H and O–H groups in total. The highest BCUT2D eigenvalue weighted by Crippen LogP contribution is 2.32. The average molecular weight is 366 g/mol. The fraction of sp³-hybridized carbons (Fsp3) is 0.190. The first-order valence-electron chi connectivity index (χ1n) is 8.64. The third-order valence-electron chi connectivity index (χ3n) is 4.97. The Balaban J connectivity index is 1.71. The van der Waals surface area contributed by atoms with Crippen LogP contribution in [-0.4, -0.2) is 15.5 Å². The zero-order chi connectivity index (χ0) is 18.3. The molecule has 2 heterocycles. The smallest absolute Gasteiger partial charge is 0.318 e. The van der Waals surface area contributed by atoms with Gasteiger partial charge in [-0.15, -0.1) is 0 Å². The Labute approximate surface area is 158 Å². The van der Waals surface area contributed by atoms with E-state index in [1.54, 1.807) is 6.07 Å². The number of halogens is 1. The number of nitrogens with one attached hydrogen (secondary N) is 1. The number of aryl methyl sites for hydroxylation is 1. The first-order valence-corrected chi connectivity index (χ1v) is 9.01. The van der Waals surface area contributed by atoms with Gasteiger partial charge in [0.2, 0.25) is 0 Å². The fourth-order valence-corrected chi connectivity index (χ4v) is 3.65. The first-order chi connectivity index (χ1) is 12.5. The minimum absolute atomic E-state index is 0.0584. The number of aromatic nitrogens is 1. The summed E-state index contributed by atoms with van der Waals surface area (Å²) in [4.78, 5) is 15.0. The van der Waals surface area contributed by atoms with Crippen molar-refractivity contribution in [1.29, 1.82) is 0 Å². The largest absolute Gasteiger partial charge is 0.322 e. The number of carbonyl (C=O) groups is 1. The average Bonchev–Trinajstić information content (AvgIpc) is 3.08. The number of para-hydroxylation sites is 1. The van der Waals surface area contributed by atoms with Crippen LogP contribution in [0.25, 0.3) is 5.69 Å². The molecular formula is C21H20ClN3O. The molecule has 1 aliphatic heterocycles. The van der Waals surface area contributed by atoms with E-state index in [1.165, 1.54) is 0 Å². The standard InChI is InChI=1S/C21H20ClN3O/c1-14-9-10-17(22)12-18(14)23-21(26)25-13-16-6-3-4-7-20(16)24-11-5-8-19(24)15(25)2/h3-12,15H,13H2,1-2H3,(H,23,26)/t15-/m0/s1. The summed E-state index contributed by atoms with van der Waals surface area (Å²) in [6, 6.07) is 17.6. The Bertz CT molecular complexity index is 979. The van der Waals surface area contributed by atoms with Crippen molar-refractivity contribution in [3.8, 4) is 5.69 Å². The maximum Gasteiger partial charge on any atom is 0.322 e. The monoisotopic (exact) mass is 365 g/mol. The van der Waals surface area contributed by atoms with Crippen LogP contribution >= 0.6 is 11.6 Å². The molecule has 2 amide bonds. The number of carbonyl (C=O) groups excluding carboxylic acids is 1. The van der Waals surface area contributed by atoms with Crippen molar-refractivity contribution in [2.24, 2.45) is 0 Å². The number of fused-ring (bicyclic) bond motifs is 3. The molecule has 0 saturated carbocycles. The van der Waals surface area contributed by atoms with Crippen LogP contribution in [0.1, 0.15) is 29.8 Å². The molecule has 1 atom stereocenters. The van der Waals surface area contributed by atoms with Gasteiger partial charge in [-0.25, -0.2) is 4.79 Å². The molecule has 5 heteroatoms. The molecule has 0 fully saturated rings. The van der Waals surface area contributed by atoms with Gasteiger partial charge in [-0.1, -0.05) is 35.9 Å². The van der Waals surface area contributed by atoms with E-state index in [1.807, 2.05) is 48.4 Å². The zero-order valence-corrected chi connectivity index (χ0v) is 15.5. The lowest BCUT2D eigenvalue weighted by atomic mass is 10.1. The van der Waals surface area contributed by atoms with Crippen molar-refractivity contribution < 1.29 is 4.79 Å². The minimum Gasteiger partial charge on any atom is -0.318 e. The summed E-state index contributed by atoms with van der Waals surface area (Å²) < 4.78 is 2.16. The second-order valence-corrected chi connectivity index (χ2v) is 7.06. The van der Waals surface area contributed by atoms with Gasteiger partial charge in [-0.2, -0.15) is 0 Å². The summed E-state index contributed by atoms with van der Waals surface area (Å²) in [5.41, 5.74) is 5.05. The quantitative estimate of drug-likeness (QED) is 0.603. The normalized spacial score (nSPS) is 15.8. The number of anilines is 1. The molecule has 0 radical (unpaired) electrons. The van der Waals surface area contributed by atoms with Crippen LogP contribution in [0.2, 0.25) is 5.02 Å². The maximum absolute atomic E-state index is 13.1. The Morgan fingerprint density at radius 1 is 1.15 bits per heavy atom. The van der Waals surface area contributed by atoms with E-state index in [4.69, 9.17) is 11.6 Å². The summed E-state index contributed by atoms with van der Waals surface area (Å²) >= 11 is 6.09. The molecule has 26 heavy (non-hydrogen) atoms. The highest BCUT2D eigenvalue weighted by atomic mass is 35.5. The lowest BCUT2D eigenvalue weighted by Gasteiger charge is -2.28. The minimum atomic E-state index is -0.132. The fourth-order valence-electron chi connectivity index (χ4n) is 3.48. The van der Waals surface area contributed by atoms with Gasteiger partial charge >= 0.3 is 6.03 Å². The third-order valence-corrected chi connectivity index (χ3v) is 5.20. The van der Waals surface area contributed by atoms with E-state index in [9.17, 15) is 4.79 Å². The number of amides is 2. The number of nitrogens with zero attached hydrogens (tertiary/aromatic N) is 2. The third kappa shape index (κ3) is 2.86. The second kappa shape index (κ2) is 6.54. The number of hydrogen-bond donors (Lipinski definition) is 1. The molecule has 0 bridgehead atoms. The molecule has 2 aromatic carbocycles. The first kappa shape index (κ1) is 16.7. The maximum atomic E-state index is 13.1. The van der Waals surface area contributed by atoms with Crippen molar-refractivity contribution >= 4 is 23.3 Å². The van der Waals surface area contributed by atoms with Crippen LogP contribution in [-0.2, 0) is 6.54 Å². The molecule has 0 saturated heterocycles. The SMILES string of the molecule is Cc1ccc(Cl)cc1NC(=O)N1Cc2ccccc2-n2cccc2[C@@H]1C. The van der Waals surface area contributed by atoms with Crippen molar-refractivity contribution in [3.05, 3.63) is 82.6 Å². The van der Waals surface area contributed by atoms with Gasteiger partial charge in [0, 0.05) is 22.6 Å². The van der Waals surface area contributed by atoms with Crippen LogP contribution < -0.4 is 5.32 Å². The van der Waals surface area contributed by atoms with E-state index < -0.39 is 0 Å². The van der Waals surface area contributed by atoms with Crippen LogP contribution in [0, 0.1) is 6.92 Å². The molecule has 4 rings (SSSR count). The second-order valence-electron chi connectivity index (χ2n) is 6.63. The summed E-state index contributed by atoms with van der Waals surface area (Å²) in [6.45, 7) is 4.56. The summed E-state index contributed by atoms with van der Waals surface area (Å²) in [7, 11) is 0.